The lowest BCUT2D eigenvalue weighted by molar-refractivity contribution is -0.294. The van der Waals surface area contributed by atoms with Gasteiger partial charge in [0.25, 0.3) is 0 Å². The highest BCUT2D eigenvalue weighted by Gasteiger charge is 2.51. The Balaban J connectivity index is 2.20. The topological polar surface area (TPSA) is 61.7 Å². The first kappa shape index (κ1) is 14.3. The second-order valence-electron chi connectivity index (χ2n) is 5.28. The second-order valence-corrected chi connectivity index (χ2v) is 5.28. The molecule has 2 aromatic rings. The number of carboxylic acids is 1. The van der Waals surface area contributed by atoms with Crippen LogP contribution < -0.4 is 5.11 Å². The predicted molar refractivity (Wildman–Crippen MR) is 81.0 cm³/mol. The molecule has 2 aromatic carbocycles. The van der Waals surface area contributed by atoms with Crippen LogP contribution in [-0.4, -0.2) is 11.7 Å². The Labute approximate surface area is 129 Å². The van der Waals surface area contributed by atoms with E-state index in [2.05, 4.69) is 5.16 Å². The summed E-state index contributed by atoms with van der Waals surface area (Å²) in [7, 11) is 0. The molecule has 1 aliphatic heterocycles. The van der Waals surface area contributed by atoms with Crippen molar-refractivity contribution in [3.63, 3.8) is 0 Å². The van der Waals surface area contributed by atoms with E-state index in [-0.39, 0.29) is 5.71 Å². The Kier molecular flexibility index (Phi) is 3.67. The maximum Gasteiger partial charge on any atom is 0.196 e. The number of rotatable bonds is 4. The molecule has 4 nitrogen and oxygen atoms in total. The highest BCUT2D eigenvalue weighted by atomic mass is 16.7. The fourth-order valence-electron chi connectivity index (χ4n) is 3.15. The zero-order chi connectivity index (χ0) is 15.6. The molecule has 1 atom stereocenters. The first-order valence-electron chi connectivity index (χ1n) is 7.28. The summed E-state index contributed by atoms with van der Waals surface area (Å²) in [5.41, 5.74) is 0.809. The zero-order valence-electron chi connectivity index (χ0n) is 12.2. The van der Waals surface area contributed by atoms with Gasteiger partial charge in [-0.25, -0.2) is 0 Å². The number of benzene rings is 2. The van der Waals surface area contributed by atoms with Crippen LogP contribution in [0, 0.1) is 5.92 Å². The minimum absolute atomic E-state index is 0.0322. The van der Waals surface area contributed by atoms with Gasteiger partial charge in [-0.15, -0.1) is 0 Å². The molecule has 1 heterocycles. The van der Waals surface area contributed by atoms with Gasteiger partial charge in [0.05, 0.1) is 11.9 Å². The van der Waals surface area contributed by atoms with E-state index in [1.165, 1.54) is 0 Å². The molecule has 0 N–H and O–H groups in total. The largest absolute Gasteiger partial charge is 0.543 e. The third-order valence-corrected chi connectivity index (χ3v) is 4.13. The van der Waals surface area contributed by atoms with Gasteiger partial charge in [0.1, 0.15) is 5.71 Å². The molecule has 0 saturated heterocycles. The molecule has 0 amide bonds. The van der Waals surface area contributed by atoms with Crippen molar-refractivity contribution in [2.75, 3.05) is 0 Å². The average Bonchev–Trinajstić information content (AvgIpc) is 2.97. The van der Waals surface area contributed by atoms with E-state index in [4.69, 9.17) is 4.84 Å². The maximum absolute atomic E-state index is 11.4. The van der Waals surface area contributed by atoms with Gasteiger partial charge < -0.3 is 14.7 Å². The lowest BCUT2D eigenvalue weighted by Gasteiger charge is -2.34. The minimum atomic E-state index is -1.28. The van der Waals surface area contributed by atoms with Gasteiger partial charge in [0, 0.05) is 11.1 Å². The Morgan fingerprint density at radius 2 is 1.59 bits per heavy atom. The number of nitrogens with zero attached hydrogens (tertiary/aromatic N) is 1. The SMILES string of the molecule is CCC1C(C(=O)[O-])=NOC1(c1ccccc1)c1ccccc1. The Morgan fingerprint density at radius 3 is 2.00 bits per heavy atom. The third kappa shape index (κ3) is 2.08. The highest BCUT2D eigenvalue weighted by molar-refractivity contribution is 6.36. The van der Waals surface area contributed by atoms with E-state index in [1.807, 2.05) is 67.6 Å². The van der Waals surface area contributed by atoms with Crippen LogP contribution in [0.3, 0.4) is 0 Å². The number of hydrogen-bond donors (Lipinski definition) is 0. The highest BCUT2D eigenvalue weighted by Crippen LogP contribution is 2.46. The van der Waals surface area contributed by atoms with Gasteiger partial charge in [0.15, 0.2) is 5.60 Å². The molecule has 22 heavy (non-hydrogen) atoms. The van der Waals surface area contributed by atoms with E-state index < -0.39 is 17.5 Å². The maximum atomic E-state index is 11.4. The Bertz CT molecular complexity index is 655. The summed E-state index contributed by atoms with van der Waals surface area (Å²) in [5, 5.41) is 15.2. The van der Waals surface area contributed by atoms with Crippen molar-refractivity contribution < 1.29 is 14.7 Å². The lowest BCUT2D eigenvalue weighted by Crippen LogP contribution is -2.43. The van der Waals surface area contributed by atoms with Crippen molar-refractivity contribution in [2.45, 2.75) is 18.9 Å². The van der Waals surface area contributed by atoms with Gasteiger partial charge in [0.2, 0.25) is 0 Å². The molecule has 0 spiro atoms. The zero-order valence-corrected chi connectivity index (χ0v) is 12.2. The fourth-order valence-corrected chi connectivity index (χ4v) is 3.15. The van der Waals surface area contributed by atoms with Crippen LogP contribution in [0.5, 0.6) is 0 Å². The molecular weight excluding hydrogens is 278 g/mol. The van der Waals surface area contributed by atoms with E-state index in [9.17, 15) is 9.90 Å². The van der Waals surface area contributed by atoms with Crippen molar-refractivity contribution >= 4 is 11.7 Å². The lowest BCUT2D eigenvalue weighted by atomic mass is 9.73. The van der Waals surface area contributed by atoms with Crippen molar-refractivity contribution in [3.8, 4) is 0 Å². The minimum Gasteiger partial charge on any atom is -0.543 e. The summed E-state index contributed by atoms with van der Waals surface area (Å²) in [4.78, 5) is 17.2. The number of carbonyl (C=O) groups excluding carboxylic acids is 1. The fraction of sp³-hybridized carbons (Fsp3) is 0.222. The summed E-state index contributed by atoms with van der Waals surface area (Å²) in [6.45, 7) is 1.93. The molecule has 0 fully saturated rings. The van der Waals surface area contributed by atoms with E-state index in [0.717, 1.165) is 11.1 Å². The van der Waals surface area contributed by atoms with Crippen LogP contribution in [0.4, 0.5) is 0 Å². The molecule has 0 aliphatic carbocycles. The number of carboxylic acid groups (broad SMARTS) is 1. The summed E-state index contributed by atoms with van der Waals surface area (Å²) >= 11 is 0. The summed E-state index contributed by atoms with van der Waals surface area (Å²) in [5.74, 6) is -1.68. The Morgan fingerprint density at radius 1 is 1.09 bits per heavy atom. The summed E-state index contributed by atoms with van der Waals surface area (Å²) in [6, 6.07) is 19.2. The molecule has 1 aliphatic rings. The van der Waals surface area contributed by atoms with Gasteiger partial charge >= 0.3 is 0 Å². The molecule has 4 heteroatoms. The average molecular weight is 294 g/mol. The molecular formula is C18H16NO3-. The molecule has 0 saturated carbocycles. The molecule has 3 rings (SSSR count). The predicted octanol–water partition coefficient (Wildman–Crippen LogP) is 2.09. The van der Waals surface area contributed by atoms with Gasteiger partial charge in [-0.1, -0.05) is 72.7 Å². The van der Waals surface area contributed by atoms with E-state index in [1.54, 1.807) is 0 Å². The quantitative estimate of drug-likeness (QED) is 0.867. The van der Waals surface area contributed by atoms with Crippen molar-refractivity contribution in [2.24, 2.45) is 11.1 Å². The normalized spacial score (nSPS) is 19.3. The van der Waals surface area contributed by atoms with Crippen LogP contribution in [-0.2, 0) is 15.2 Å². The van der Waals surface area contributed by atoms with Crippen LogP contribution in [0.1, 0.15) is 24.5 Å². The van der Waals surface area contributed by atoms with Crippen LogP contribution >= 0.6 is 0 Å². The summed E-state index contributed by atoms with van der Waals surface area (Å²) < 4.78 is 0. The van der Waals surface area contributed by atoms with Crippen molar-refractivity contribution in [1.82, 2.24) is 0 Å². The molecule has 112 valence electrons. The van der Waals surface area contributed by atoms with Crippen LogP contribution in [0.15, 0.2) is 65.8 Å². The summed E-state index contributed by atoms with van der Waals surface area (Å²) in [6.07, 6.45) is 0.580. The monoisotopic (exact) mass is 294 g/mol. The van der Waals surface area contributed by atoms with Crippen molar-refractivity contribution in [1.29, 1.82) is 0 Å². The molecule has 1 unspecified atom stereocenters. The van der Waals surface area contributed by atoms with Gasteiger partial charge in [-0.2, -0.15) is 0 Å². The first-order valence-corrected chi connectivity index (χ1v) is 7.28. The van der Waals surface area contributed by atoms with E-state index >= 15 is 0 Å². The first-order chi connectivity index (χ1) is 10.7. The molecule has 0 radical (unpaired) electrons. The molecule has 0 aromatic heterocycles. The third-order valence-electron chi connectivity index (χ3n) is 4.13. The number of oxime groups is 1. The van der Waals surface area contributed by atoms with Gasteiger partial charge in [-0.3, -0.25) is 0 Å². The van der Waals surface area contributed by atoms with E-state index in [0.29, 0.717) is 6.42 Å². The van der Waals surface area contributed by atoms with Crippen LogP contribution in [0.2, 0.25) is 0 Å². The number of carbonyl (C=O) groups is 1. The standard InChI is InChI=1S/C18H17NO3/c1-2-15-16(17(20)21)19-22-18(15,13-9-5-3-6-10-13)14-11-7-4-8-12-14/h3-12,15H,2H2,1H3,(H,20,21)/p-1. The smallest absolute Gasteiger partial charge is 0.196 e. The van der Waals surface area contributed by atoms with Crippen molar-refractivity contribution in [3.05, 3.63) is 71.8 Å². The molecule has 0 bridgehead atoms. The Hall–Kier alpha value is -2.62. The van der Waals surface area contributed by atoms with Gasteiger partial charge in [-0.05, 0) is 6.42 Å². The number of hydrogen-bond acceptors (Lipinski definition) is 4. The second kappa shape index (κ2) is 5.64. The van der Waals surface area contributed by atoms with Crippen LogP contribution in [0.25, 0.3) is 0 Å². The number of aliphatic carboxylic acids is 1.